The van der Waals surface area contributed by atoms with Gasteiger partial charge in [-0.15, -0.1) is 0 Å². The highest BCUT2D eigenvalue weighted by Gasteiger charge is 2.26. The van der Waals surface area contributed by atoms with Gasteiger partial charge in [0.1, 0.15) is 0 Å². The Labute approximate surface area is 84.5 Å². The first kappa shape index (κ1) is 13.2. The van der Waals surface area contributed by atoms with Crippen LogP contribution in [0.15, 0.2) is 0 Å². The highest BCUT2D eigenvalue weighted by molar-refractivity contribution is 5.75. The van der Waals surface area contributed by atoms with Crippen molar-refractivity contribution in [3.63, 3.8) is 0 Å². The van der Waals surface area contributed by atoms with Crippen LogP contribution in [0.1, 0.15) is 27.7 Å². The maximum atomic E-state index is 11.3. The highest BCUT2D eigenvalue weighted by Crippen LogP contribution is 2.02. The van der Waals surface area contributed by atoms with E-state index in [4.69, 9.17) is 10.2 Å². The second-order valence-corrected chi connectivity index (χ2v) is 4.71. The fraction of sp³-hybridized carbons (Fsp3) is 0.889. The number of carbonyl (C=O) groups excluding carboxylic acids is 1. The molecule has 4 N–H and O–H groups in total. The van der Waals surface area contributed by atoms with Gasteiger partial charge in [0, 0.05) is 5.54 Å². The van der Waals surface area contributed by atoms with Crippen molar-refractivity contribution in [2.75, 3.05) is 13.2 Å². The van der Waals surface area contributed by atoms with Gasteiger partial charge in [-0.2, -0.15) is 0 Å². The zero-order valence-corrected chi connectivity index (χ0v) is 9.22. The number of aliphatic hydroxyl groups excluding tert-OH is 2. The van der Waals surface area contributed by atoms with Crippen LogP contribution in [-0.4, -0.2) is 40.5 Å². The monoisotopic (exact) mass is 204 g/mol. The summed E-state index contributed by atoms with van der Waals surface area (Å²) >= 11 is 0. The van der Waals surface area contributed by atoms with Crippen LogP contribution in [-0.2, 0) is 0 Å². The van der Waals surface area contributed by atoms with Crippen LogP contribution in [0.3, 0.4) is 0 Å². The van der Waals surface area contributed by atoms with Gasteiger partial charge in [-0.05, 0) is 27.7 Å². The lowest BCUT2D eigenvalue weighted by molar-refractivity contribution is 0.108. The molecule has 0 aliphatic heterocycles. The topological polar surface area (TPSA) is 81.6 Å². The summed E-state index contributed by atoms with van der Waals surface area (Å²) in [4.78, 5) is 11.3. The van der Waals surface area contributed by atoms with Crippen LogP contribution in [0.2, 0.25) is 0 Å². The average molecular weight is 204 g/mol. The number of amides is 2. The average Bonchev–Trinajstić information content (AvgIpc) is 2.00. The van der Waals surface area contributed by atoms with E-state index >= 15 is 0 Å². The van der Waals surface area contributed by atoms with Crippen molar-refractivity contribution in [3.05, 3.63) is 0 Å². The van der Waals surface area contributed by atoms with Gasteiger partial charge in [0.15, 0.2) is 0 Å². The van der Waals surface area contributed by atoms with Crippen LogP contribution in [0.5, 0.6) is 0 Å². The maximum Gasteiger partial charge on any atom is 0.315 e. The third-order valence-corrected chi connectivity index (χ3v) is 1.60. The van der Waals surface area contributed by atoms with E-state index in [-0.39, 0.29) is 18.8 Å². The number of nitrogens with one attached hydrogen (secondary N) is 2. The van der Waals surface area contributed by atoms with E-state index in [2.05, 4.69) is 10.6 Å². The second-order valence-electron chi connectivity index (χ2n) is 4.71. The zero-order chi connectivity index (χ0) is 11.4. The minimum Gasteiger partial charge on any atom is -0.394 e. The Morgan fingerprint density at radius 3 is 1.79 bits per heavy atom. The van der Waals surface area contributed by atoms with Crippen LogP contribution < -0.4 is 10.6 Å². The minimum atomic E-state index is -0.977. The molecule has 0 aromatic rings. The van der Waals surface area contributed by atoms with Crippen LogP contribution in [0.4, 0.5) is 4.79 Å². The SMILES string of the molecule is CC(C)(C)NC(=O)NC(C)(CO)CO. The van der Waals surface area contributed by atoms with Gasteiger partial charge in [0.2, 0.25) is 0 Å². The van der Waals surface area contributed by atoms with Crippen LogP contribution >= 0.6 is 0 Å². The zero-order valence-electron chi connectivity index (χ0n) is 9.22. The van der Waals surface area contributed by atoms with E-state index in [1.165, 1.54) is 0 Å². The Balaban J connectivity index is 4.18. The van der Waals surface area contributed by atoms with Gasteiger partial charge in [0.05, 0.1) is 18.8 Å². The summed E-state index contributed by atoms with van der Waals surface area (Å²) in [5, 5.41) is 23.0. The van der Waals surface area contributed by atoms with Crippen molar-refractivity contribution in [3.8, 4) is 0 Å². The van der Waals surface area contributed by atoms with Crippen molar-refractivity contribution < 1.29 is 15.0 Å². The molecule has 0 saturated carbocycles. The molecule has 0 spiro atoms. The number of rotatable bonds is 3. The maximum absolute atomic E-state index is 11.3. The number of hydrogen-bond donors (Lipinski definition) is 4. The number of hydrogen-bond acceptors (Lipinski definition) is 3. The fourth-order valence-electron chi connectivity index (χ4n) is 0.775. The molecule has 5 nitrogen and oxygen atoms in total. The molecule has 2 amide bonds. The molecule has 0 heterocycles. The molecular formula is C9H20N2O3. The summed E-state index contributed by atoms with van der Waals surface area (Å²) in [6.45, 7) is 6.50. The van der Waals surface area contributed by atoms with Crippen molar-refractivity contribution in [2.45, 2.75) is 38.8 Å². The molecular weight excluding hydrogens is 184 g/mol. The largest absolute Gasteiger partial charge is 0.394 e. The Hall–Kier alpha value is -0.810. The number of aliphatic hydroxyl groups is 2. The van der Waals surface area contributed by atoms with Gasteiger partial charge >= 0.3 is 6.03 Å². The number of urea groups is 1. The Bertz CT molecular complexity index is 195. The standard InChI is InChI=1S/C9H20N2O3/c1-8(2,3)10-7(14)11-9(4,5-12)6-13/h12-13H,5-6H2,1-4H3,(H2,10,11,14). The predicted molar refractivity (Wildman–Crippen MR) is 54.0 cm³/mol. The summed E-state index contributed by atoms with van der Waals surface area (Å²) in [6.07, 6.45) is 0. The van der Waals surface area contributed by atoms with E-state index in [1.54, 1.807) is 6.92 Å². The molecule has 14 heavy (non-hydrogen) atoms. The molecule has 84 valence electrons. The van der Waals surface area contributed by atoms with Crippen molar-refractivity contribution >= 4 is 6.03 Å². The van der Waals surface area contributed by atoms with Gasteiger partial charge in [-0.3, -0.25) is 0 Å². The van der Waals surface area contributed by atoms with E-state index in [9.17, 15) is 4.79 Å². The van der Waals surface area contributed by atoms with Gasteiger partial charge < -0.3 is 20.8 Å². The summed E-state index contributed by atoms with van der Waals surface area (Å²) in [7, 11) is 0. The molecule has 0 bridgehead atoms. The van der Waals surface area contributed by atoms with Gasteiger partial charge in [0.25, 0.3) is 0 Å². The second kappa shape index (κ2) is 4.61. The predicted octanol–water partition coefficient (Wildman–Crippen LogP) is -0.173. The lowest BCUT2D eigenvalue weighted by Gasteiger charge is -2.29. The lowest BCUT2D eigenvalue weighted by atomic mass is 10.1. The molecule has 0 radical (unpaired) electrons. The molecule has 0 aliphatic rings. The fourth-order valence-corrected chi connectivity index (χ4v) is 0.775. The third kappa shape index (κ3) is 5.04. The smallest absolute Gasteiger partial charge is 0.315 e. The summed E-state index contributed by atoms with van der Waals surface area (Å²) in [6, 6.07) is -0.400. The molecule has 0 fully saturated rings. The molecule has 0 unspecified atom stereocenters. The first-order chi connectivity index (χ1) is 6.22. The Morgan fingerprint density at radius 1 is 1.07 bits per heavy atom. The summed E-state index contributed by atoms with van der Waals surface area (Å²) < 4.78 is 0. The van der Waals surface area contributed by atoms with Crippen molar-refractivity contribution in [2.24, 2.45) is 0 Å². The molecule has 5 heteroatoms. The Morgan fingerprint density at radius 2 is 1.50 bits per heavy atom. The molecule has 0 aromatic carbocycles. The quantitative estimate of drug-likeness (QED) is 0.515. The van der Waals surface area contributed by atoms with E-state index in [1.807, 2.05) is 20.8 Å². The molecule has 0 atom stereocenters. The molecule has 0 aliphatic carbocycles. The highest BCUT2D eigenvalue weighted by atomic mass is 16.3. The molecule has 0 rings (SSSR count). The summed E-state index contributed by atoms with van der Waals surface area (Å²) in [5.74, 6) is 0. The van der Waals surface area contributed by atoms with Crippen molar-refractivity contribution in [1.29, 1.82) is 0 Å². The van der Waals surface area contributed by atoms with Gasteiger partial charge in [-0.25, -0.2) is 4.79 Å². The van der Waals surface area contributed by atoms with E-state index in [0.717, 1.165) is 0 Å². The first-order valence-electron chi connectivity index (χ1n) is 4.54. The lowest BCUT2D eigenvalue weighted by Crippen LogP contribution is -2.57. The Kier molecular flexibility index (Phi) is 4.35. The first-order valence-corrected chi connectivity index (χ1v) is 4.54. The van der Waals surface area contributed by atoms with Crippen LogP contribution in [0, 0.1) is 0 Å². The van der Waals surface area contributed by atoms with Crippen LogP contribution in [0.25, 0.3) is 0 Å². The molecule has 0 saturated heterocycles. The van der Waals surface area contributed by atoms with E-state index in [0.29, 0.717) is 0 Å². The van der Waals surface area contributed by atoms with Gasteiger partial charge in [-0.1, -0.05) is 0 Å². The third-order valence-electron chi connectivity index (χ3n) is 1.60. The normalized spacial score (nSPS) is 12.4. The minimum absolute atomic E-state index is 0.305. The van der Waals surface area contributed by atoms with E-state index < -0.39 is 11.6 Å². The number of carbonyl (C=O) groups is 1. The van der Waals surface area contributed by atoms with Crippen molar-refractivity contribution in [1.82, 2.24) is 10.6 Å². The molecule has 0 aromatic heterocycles. The summed E-state index contributed by atoms with van der Waals surface area (Å²) in [5.41, 5.74) is -1.31.